The number of carbonyl (C=O) groups excluding carboxylic acids is 2. The Kier molecular flexibility index (Phi) is 4.90. The molecular weight excluding hydrogens is 304 g/mol. The van der Waals surface area contributed by atoms with Crippen molar-refractivity contribution in [2.45, 2.75) is 44.9 Å². The molecule has 0 aromatic heterocycles. The summed E-state index contributed by atoms with van der Waals surface area (Å²) in [6.07, 6.45) is 3.52. The van der Waals surface area contributed by atoms with Gasteiger partial charge < -0.3 is 15.0 Å². The average molecular weight is 330 g/mol. The van der Waals surface area contributed by atoms with Crippen LogP contribution in [0.15, 0.2) is 18.2 Å². The van der Waals surface area contributed by atoms with Gasteiger partial charge in [-0.2, -0.15) is 0 Å². The lowest BCUT2D eigenvalue weighted by molar-refractivity contribution is -0.125. The SMILES string of the molecule is CCCN(CCC)C(=O)c1ccc2c(c1)C1(CCCOC1)C(=O)N2. The van der Waals surface area contributed by atoms with E-state index < -0.39 is 5.41 Å². The molecule has 24 heavy (non-hydrogen) atoms. The highest BCUT2D eigenvalue weighted by Crippen LogP contribution is 2.43. The van der Waals surface area contributed by atoms with Gasteiger partial charge in [0.1, 0.15) is 0 Å². The number of ether oxygens (including phenoxy) is 1. The first-order chi connectivity index (χ1) is 11.6. The Morgan fingerprint density at radius 2 is 2.04 bits per heavy atom. The first-order valence-electron chi connectivity index (χ1n) is 8.95. The fourth-order valence-corrected chi connectivity index (χ4v) is 3.77. The summed E-state index contributed by atoms with van der Waals surface area (Å²) in [5.41, 5.74) is 1.78. The minimum atomic E-state index is -0.621. The summed E-state index contributed by atoms with van der Waals surface area (Å²) in [6, 6.07) is 5.59. The van der Waals surface area contributed by atoms with Gasteiger partial charge in [-0.25, -0.2) is 0 Å². The molecule has 0 bridgehead atoms. The molecule has 1 aromatic rings. The van der Waals surface area contributed by atoms with Gasteiger partial charge in [-0.1, -0.05) is 13.8 Å². The minimum absolute atomic E-state index is 0.000714. The van der Waals surface area contributed by atoms with Crippen LogP contribution < -0.4 is 5.32 Å². The quantitative estimate of drug-likeness (QED) is 0.903. The van der Waals surface area contributed by atoms with Crippen molar-refractivity contribution < 1.29 is 14.3 Å². The van der Waals surface area contributed by atoms with E-state index in [0.29, 0.717) is 18.8 Å². The van der Waals surface area contributed by atoms with Gasteiger partial charge in [0.25, 0.3) is 5.91 Å². The first kappa shape index (κ1) is 17.0. The summed E-state index contributed by atoms with van der Waals surface area (Å²) in [5, 5.41) is 2.96. The average Bonchev–Trinajstić information content (AvgIpc) is 2.86. The Hall–Kier alpha value is -1.88. The van der Waals surface area contributed by atoms with Crippen molar-refractivity contribution in [1.29, 1.82) is 0 Å². The molecule has 2 aliphatic rings. The van der Waals surface area contributed by atoms with Crippen LogP contribution in [0.2, 0.25) is 0 Å². The smallest absolute Gasteiger partial charge is 0.253 e. The van der Waals surface area contributed by atoms with Crippen molar-refractivity contribution in [2.75, 3.05) is 31.6 Å². The van der Waals surface area contributed by atoms with E-state index in [9.17, 15) is 9.59 Å². The Balaban J connectivity index is 1.93. The predicted molar refractivity (Wildman–Crippen MR) is 93.3 cm³/mol. The molecule has 2 heterocycles. The molecule has 130 valence electrons. The lowest BCUT2D eigenvalue weighted by Crippen LogP contribution is -2.42. The standard InChI is InChI=1S/C19H26N2O3/c1-3-9-21(10-4-2)17(22)14-6-7-16-15(12-14)19(18(23)20-16)8-5-11-24-13-19/h6-7,12H,3-5,8-11,13H2,1-2H3,(H,20,23). The van der Waals surface area contributed by atoms with E-state index in [4.69, 9.17) is 4.74 Å². The molecule has 1 spiro atoms. The fourth-order valence-electron chi connectivity index (χ4n) is 3.77. The predicted octanol–water partition coefficient (Wildman–Crippen LogP) is 2.95. The Bertz CT molecular complexity index is 629. The number of hydrogen-bond acceptors (Lipinski definition) is 3. The number of rotatable bonds is 5. The molecule has 3 rings (SSSR count). The summed E-state index contributed by atoms with van der Waals surface area (Å²) < 4.78 is 5.60. The largest absolute Gasteiger partial charge is 0.380 e. The number of hydrogen-bond donors (Lipinski definition) is 1. The third-order valence-corrected chi connectivity index (χ3v) is 4.98. The molecular formula is C19H26N2O3. The van der Waals surface area contributed by atoms with Gasteiger partial charge in [0.2, 0.25) is 5.91 Å². The lowest BCUT2D eigenvalue weighted by Gasteiger charge is -2.31. The normalized spacial score (nSPS) is 22.3. The topological polar surface area (TPSA) is 58.6 Å². The van der Waals surface area contributed by atoms with Crippen LogP contribution in [0.5, 0.6) is 0 Å². The van der Waals surface area contributed by atoms with E-state index in [2.05, 4.69) is 19.2 Å². The molecule has 1 N–H and O–H groups in total. The van der Waals surface area contributed by atoms with Gasteiger partial charge in [0.15, 0.2) is 0 Å². The van der Waals surface area contributed by atoms with E-state index in [-0.39, 0.29) is 11.8 Å². The molecule has 1 aromatic carbocycles. The lowest BCUT2D eigenvalue weighted by atomic mass is 9.77. The van der Waals surface area contributed by atoms with Gasteiger partial charge in [0, 0.05) is 30.9 Å². The van der Waals surface area contributed by atoms with Crippen LogP contribution in [-0.4, -0.2) is 43.0 Å². The van der Waals surface area contributed by atoms with E-state index >= 15 is 0 Å². The van der Waals surface area contributed by atoms with E-state index in [1.165, 1.54) is 0 Å². The molecule has 0 saturated carbocycles. The second-order valence-corrected chi connectivity index (χ2v) is 6.74. The van der Waals surface area contributed by atoms with Crippen LogP contribution >= 0.6 is 0 Å². The van der Waals surface area contributed by atoms with Gasteiger partial charge in [-0.15, -0.1) is 0 Å². The number of carbonyl (C=O) groups is 2. The Labute approximate surface area is 143 Å². The molecule has 5 nitrogen and oxygen atoms in total. The van der Waals surface area contributed by atoms with Crippen LogP contribution in [0.1, 0.15) is 55.5 Å². The zero-order valence-electron chi connectivity index (χ0n) is 14.6. The van der Waals surface area contributed by atoms with Crippen molar-refractivity contribution >= 4 is 17.5 Å². The van der Waals surface area contributed by atoms with Crippen molar-refractivity contribution in [3.8, 4) is 0 Å². The second-order valence-electron chi connectivity index (χ2n) is 6.74. The molecule has 1 atom stereocenters. The molecule has 0 aliphatic carbocycles. The summed E-state index contributed by atoms with van der Waals surface area (Å²) in [6.45, 7) is 6.77. The van der Waals surface area contributed by atoms with Crippen molar-refractivity contribution in [2.24, 2.45) is 0 Å². The number of nitrogens with one attached hydrogen (secondary N) is 1. The van der Waals surface area contributed by atoms with E-state index in [1.807, 2.05) is 23.1 Å². The summed E-state index contributed by atoms with van der Waals surface area (Å²) in [4.78, 5) is 27.3. The highest BCUT2D eigenvalue weighted by Gasteiger charge is 2.48. The maximum atomic E-state index is 12.9. The van der Waals surface area contributed by atoms with Gasteiger partial charge in [-0.05, 0) is 49.4 Å². The van der Waals surface area contributed by atoms with Crippen LogP contribution in [0.4, 0.5) is 5.69 Å². The second kappa shape index (κ2) is 6.93. The molecule has 5 heteroatoms. The van der Waals surface area contributed by atoms with Crippen molar-refractivity contribution in [1.82, 2.24) is 4.90 Å². The third-order valence-electron chi connectivity index (χ3n) is 4.98. The van der Waals surface area contributed by atoms with Crippen LogP contribution in [0, 0.1) is 0 Å². The van der Waals surface area contributed by atoms with Crippen LogP contribution in [0.3, 0.4) is 0 Å². The number of nitrogens with zero attached hydrogens (tertiary/aromatic N) is 1. The van der Waals surface area contributed by atoms with Gasteiger partial charge in [0.05, 0.1) is 12.0 Å². The van der Waals surface area contributed by atoms with E-state index in [1.54, 1.807) is 0 Å². The highest BCUT2D eigenvalue weighted by atomic mass is 16.5. The molecule has 2 aliphatic heterocycles. The van der Waals surface area contributed by atoms with Gasteiger partial charge in [-0.3, -0.25) is 9.59 Å². The maximum absolute atomic E-state index is 12.9. The zero-order chi connectivity index (χ0) is 17.2. The van der Waals surface area contributed by atoms with Gasteiger partial charge >= 0.3 is 0 Å². The summed E-state index contributed by atoms with van der Waals surface area (Å²) in [5.74, 6) is 0.0495. The molecule has 1 saturated heterocycles. The van der Waals surface area contributed by atoms with Crippen LogP contribution in [0.25, 0.3) is 0 Å². The number of amides is 2. The van der Waals surface area contributed by atoms with E-state index in [0.717, 1.165) is 50.0 Å². The fraction of sp³-hybridized carbons (Fsp3) is 0.579. The van der Waals surface area contributed by atoms with Crippen molar-refractivity contribution in [3.05, 3.63) is 29.3 Å². The molecule has 2 amide bonds. The number of fused-ring (bicyclic) bond motifs is 2. The minimum Gasteiger partial charge on any atom is -0.380 e. The summed E-state index contributed by atoms with van der Waals surface area (Å²) in [7, 11) is 0. The Morgan fingerprint density at radius 3 is 2.67 bits per heavy atom. The Morgan fingerprint density at radius 1 is 1.29 bits per heavy atom. The summed E-state index contributed by atoms with van der Waals surface area (Å²) >= 11 is 0. The van der Waals surface area contributed by atoms with Crippen LogP contribution in [-0.2, 0) is 14.9 Å². The highest BCUT2D eigenvalue weighted by molar-refractivity contribution is 6.07. The zero-order valence-corrected chi connectivity index (χ0v) is 14.6. The molecule has 1 unspecified atom stereocenters. The molecule has 0 radical (unpaired) electrons. The molecule has 1 fully saturated rings. The third kappa shape index (κ3) is 2.81. The number of anilines is 1. The monoisotopic (exact) mass is 330 g/mol. The first-order valence-corrected chi connectivity index (χ1v) is 8.95. The maximum Gasteiger partial charge on any atom is 0.253 e. The van der Waals surface area contributed by atoms with Crippen molar-refractivity contribution in [3.63, 3.8) is 0 Å². The number of benzene rings is 1.